The number of hydrogen-bond donors (Lipinski definition) is 3. The highest BCUT2D eigenvalue weighted by Crippen LogP contribution is 2.20. The molecule has 4 heterocycles. The average Bonchev–Trinajstić information content (AvgIpc) is 3.27. The first-order valence-electron chi connectivity index (χ1n) is 7.51. The molecule has 136 valence electrons. The minimum Gasteiger partial charge on any atom is -0.351 e. The summed E-state index contributed by atoms with van der Waals surface area (Å²) in [6.07, 6.45) is 5.32. The molecule has 3 aromatic rings. The highest BCUT2D eigenvalue weighted by atomic mass is 35.5. The first-order chi connectivity index (χ1) is 11.7. The maximum Gasteiger partial charge on any atom is 0.276 e. The third-order valence-electron chi connectivity index (χ3n) is 3.86. The molecule has 26 heavy (non-hydrogen) atoms. The SMILES string of the molecule is Cc1ccsc1CNC1=NC(=Cc2c[nH]c3ncccc23)C(=O)N1.Cl.Cl. The molecule has 0 atom stereocenters. The highest BCUT2D eigenvalue weighted by molar-refractivity contribution is 7.10. The van der Waals surface area contributed by atoms with Crippen molar-refractivity contribution in [2.24, 2.45) is 4.99 Å². The minimum absolute atomic E-state index is 0. The summed E-state index contributed by atoms with van der Waals surface area (Å²) in [6.45, 7) is 2.71. The maximum atomic E-state index is 12.1. The van der Waals surface area contributed by atoms with Crippen LogP contribution in [0.3, 0.4) is 0 Å². The molecule has 0 saturated carbocycles. The molecule has 1 amide bonds. The third-order valence-corrected chi connectivity index (χ3v) is 4.88. The summed E-state index contributed by atoms with van der Waals surface area (Å²) >= 11 is 1.68. The van der Waals surface area contributed by atoms with E-state index in [1.54, 1.807) is 23.6 Å². The van der Waals surface area contributed by atoms with Gasteiger partial charge < -0.3 is 10.3 Å². The summed E-state index contributed by atoms with van der Waals surface area (Å²) in [5, 5.41) is 8.94. The van der Waals surface area contributed by atoms with Gasteiger partial charge in [0.1, 0.15) is 11.3 Å². The quantitative estimate of drug-likeness (QED) is 0.579. The molecule has 0 bridgehead atoms. The van der Waals surface area contributed by atoms with Crippen molar-refractivity contribution in [1.29, 1.82) is 0 Å². The first kappa shape index (κ1) is 20.0. The van der Waals surface area contributed by atoms with E-state index >= 15 is 0 Å². The molecule has 3 aromatic heterocycles. The number of hydrogen-bond acceptors (Lipinski definition) is 5. The number of nitrogens with zero attached hydrogens (tertiary/aromatic N) is 2. The van der Waals surface area contributed by atoms with Crippen LogP contribution in [0.15, 0.2) is 46.7 Å². The lowest BCUT2D eigenvalue weighted by Crippen LogP contribution is -2.35. The molecular formula is C17H17Cl2N5OS. The van der Waals surface area contributed by atoms with Crippen molar-refractivity contribution in [3.63, 3.8) is 0 Å². The molecule has 1 aliphatic rings. The largest absolute Gasteiger partial charge is 0.351 e. The number of fused-ring (bicyclic) bond motifs is 1. The van der Waals surface area contributed by atoms with Gasteiger partial charge >= 0.3 is 0 Å². The molecule has 4 rings (SSSR count). The Morgan fingerprint density at radius 3 is 2.92 bits per heavy atom. The van der Waals surface area contributed by atoms with Gasteiger partial charge in [0, 0.05) is 28.2 Å². The van der Waals surface area contributed by atoms with Crippen molar-refractivity contribution in [1.82, 2.24) is 20.6 Å². The molecule has 0 unspecified atom stereocenters. The van der Waals surface area contributed by atoms with Crippen molar-refractivity contribution >= 4 is 65.1 Å². The molecule has 0 saturated heterocycles. The Hall–Kier alpha value is -2.35. The topological polar surface area (TPSA) is 82.2 Å². The number of thiophene rings is 1. The number of carbonyl (C=O) groups is 1. The smallest absolute Gasteiger partial charge is 0.276 e. The number of aromatic amines is 1. The number of H-pyrrole nitrogens is 1. The number of halogens is 2. The minimum atomic E-state index is -0.210. The van der Waals surface area contributed by atoms with E-state index in [-0.39, 0.29) is 30.7 Å². The van der Waals surface area contributed by atoms with Crippen LogP contribution in [0.2, 0.25) is 0 Å². The monoisotopic (exact) mass is 409 g/mol. The molecule has 0 spiro atoms. The highest BCUT2D eigenvalue weighted by Gasteiger charge is 2.20. The van der Waals surface area contributed by atoms with Crippen molar-refractivity contribution in [2.75, 3.05) is 0 Å². The number of amides is 1. The lowest BCUT2D eigenvalue weighted by molar-refractivity contribution is -0.115. The van der Waals surface area contributed by atoms with Gasteiger partial charge in [-0.15, -0.1) is 36.2 Å². The Labute approximate surface area is 166 Å². The third kappa shape index (κ3) is 3.90. The number of carbonyl (C=O) groups excluding carboxylic acids is 1. The fourth-order valence-electron chi connectivity index (χ4n) is 2.55. The van der Waals surface area contributed by atoms with Gasteiger partial charge in [-0.25, -0.2) is 9.98 Å². The molecule has 9 heteroatoms. The van der Waals surface area contributed by atoms with E-state index in [1.165, 1.54) is 10.4 Å². The molecule has 0 fully saturated rings. The maximum absolute atomic E-state index is 12.1. The standard InChI is InChI=1S/C17H15N5OS.2ClH/c1-10-4-6-24-14(10)9-20-17-21-13(16(23)22-17)7-11-8-19-15-12(11)3-2-5-18-15;;/h2-8H,9H2,1H3,(H,18,19)(H2,20,21,22,23);2*1H. The second-order valence-electron chi connectivity index (χ2n) is 5.47. The first-order valence-corrected chi connectivity index (χ1v) is 8.39. The number of pyridine rings is 1. The van der Waals surface area contributed by atoms with Gasteiger partial charge in [0.05, 0.1) is 6.54 Å². The Morgan fingerprint density at radius 1 is 1.31 bits per heavy atom. The van der Waals surface area contributed by atoms with Crippen LogP contribution in [0.4, 0.5) is 0 Å². The van der Waals surface area contributed by atoms with Crippen LogP contribution in [0.5, 0.6) is 0 Å². The van der Waals surface area contributed by atoms with Crippen molar-refractivity contribution < 1.29 is 4.79 Å². The van der Waals surface area contributed by atoms with Gasteiger partial charge in [0.15, 0.2) is 0 Å². The van der Waals surface area contributed by atoms with Crippen molar-refractivity contribution in [2.45, 2.75) is 13.5 Å². The lowest BCUT2D eigenvalue weighted by Gasteiger charge is -2.04. The summed E-state index contributed by atoms with van der Waals surface area (Å²) in [5.74, 6) is 0.274. The van der Waals surface area contributed by atoms with E-state index < -0.39 is 0 Å². The molecule has 0 aliphatic carbocycles. The van der Waals surface area contributed by atoms with Gasteiger partial charge in [-0.3, -0.25) is 10.1 Å². The number of rotatable bonds is 3. The van der Waals surface area contributed by atoms with Crippen LogP contribution in [0.1, 0.15) is 16.0 Å². The fraction of sp³-hybridized carbons (Fsp3) is 0.118. The van der Waals surface area contributed by atoms with E-state index in [0.29, 0.717) is 18.2 Å². The van der Waals surface area contributed by atoms with Gasteiger partial charge in [-0.1, -0.05) is 0 Å². The van der Waals surface area contributed by atoms with Gasteiger partial charge in [-0.2, -0.15) is 0 Å². The van der Waals surface area contributed by atoms with Crippen molar-refractivity contribution in [3.8, 4) is 0 Å². The van der Waals surface area contributed by atoms with E-state index in [9.17, 15) is 4.79 Å². The molecule has 3 N–H and O–H groups in total. The summed E-state index contributed by atoms with van der Waals surface area (Å²) in [6, 6.07) is 5.90. The van der Waals surface area contributed by atoms with Crippen LogP contribution < -0.4 is 10.6 Å². The van der Waals surface area contributed by atoms with Gasteiger partial charge in [-0.05, 0) is 42.1 Å². The summed E-state index contributed by atoms with van der Waals surface area (Å²) < 4.78 is 0. The lowest BCUT2D eigenvalue weighted by atomic mass is 10.2. The number of aliphatic imine (C=N–C) groups is 1. The van der Waals surface area contributed by atoms with E-state index in [2.05, 4.69) is 44.0 Å². The Kier molecular flexibility index (Phi) is 6.42. The Balaban J connectivity index is 0.00000121. The number of aromatic nitrogens is 2. The molecule has 0 radical (unpaired) electrons. The number of guanidine groups is 1. The molecule has 1 aliphatic heterocycles. The summed E-state index contributed by atoms with van der Waals surface area (Å²) in [5.41, 5.74) is 3.30. The van der Waals surface area contributed by atoms with E-state index in [0.717, 1.165) is 16.6 Å². The second kappa shape index (κ2) is 8.35. The second-order valence-corrected chi connectivity index (χ2v) is 6.47. The predicted octanol–water partition coefficient (Wildman–Crippen LogP) is 3.39. The average molecular weight is 410 g/mol. The summed E-state index contributed by atoms with van der Waals surface area (Å²) in [4.78, 5) is 25.0. The number of aryl methyl sites for hydroxylation is 1. The van der Waals surface area contributed by atoms with Crippen LogP contribution in [-0.2, 0) is 11.3 Å². The van der Waals surface area contributed by atoms with Gasteiger partial charge in [0.25, 0.3) is 5.91 Å². The number of nitrogens with one attached hydrogen (secondary N) is 3. The van der Waals surface area contributed by atoms with E-state index in [4.69, 9.17) is 0 Å². The van der Waals surface area contributed by atoms with Gasteiger partial charge in [0.2, 0.25) is 5.96 Å². The zero-order valence-corrected chi connectivity index (χ0v) is 16.2. The molecule has 6 nitrogen and oxygen atoms in total. The Bertz CT molecular complexity index is 992. The van der Waals surface area contributed by atoms with Crippen LogP contribution in [0, 0.1) is 6.92 Å². The van der Waals surface area contributed by atoms with Crippen LogP contribution >= 0.6 is 36.2 Å². The zero-order chi connectivity index (χ0) is 16.5. The molecule has 0 aromatic carbocycles. The van der Waals surface area contributed by atoms with Crippen molar-refractivity contribution in [3.05, 3.63) is 57.7 Å². The van der Waals surface area contributed by atoms with E-state index in [1.807, 2.05) is 18.3 Å². The van der Waals surface area contributed by atoms with Crippen LogP contribution in [-0.4, -0.2) is 21.8 Å². The fourth-order valence-corrected chi connectivity index (χ4v) is 3.39. The zero-order valence-electron chi connectivity index (χ0n) is 13.8. The molecular weight excluding hydrogens is 393 g/mol. The summed E-state index contributed by atoms with van der Waals surface area (Å²) in [7, 11) is 0. The Morgan fingerprint density at radius 2 is 2.15 bits per heavy atom. The normalized spacial score (nSPS) is 14.6. The van der Waals surface area contributed by atoms with Crippen LogP contribution in [0.25, 0.3) is 17.1 Å². The predicted molar refractivity (Wildman–Crippen MR) is 110 cm³/mol.